The summed E-state index contributed by atoms with van der Waals surface area (Å²) in [6.45, 7) is 0. The first-order chi connectivity index (χ1) is 4.83. The van der Waals surface area contributed by atoms with Crippen molar-refractivity contribution in [3.8, 4) is 12.0 Å². The Balaban J connectivity index is 3.03. The molecule has 2 nitrogen and oxygen atoms in total. The molecule has 1 aromatic carbocycles. The van der Waals surface area contributed by atoms with Crippen molar-refractivity contribution in [3.63, 3.8) is 0 Å². The van der Waals surface area contributed by atoms with Gasteiger partial charge in [0.05, 0.1) is 0 Å². The molecule has 0 saturated heterocycles. The van der Waals surface area contributed by atoms with Gasteiger partial charge in [0.1, 0.15) is 0 Å². The van der Waals surface area contributed by atoms with Gasteiger partial charge in [-0.3, -0.25) is 0 Å². The van der Waals surface area contributed by atoms with Crippen molar-refractivity contribution < 1.29 is 0 Å². The highest BCUT2D eigenvalue weighted by atomic mass is 14.5. The third-order valence-electron chi connectivity index (χ3n) is 1.10. The molecule has 0 aliphatic heterocycles. The summed E-state index contributed by atoms with van der Waals surface area (Å²) in [6, 6.07) is 9.59. The van der Waals surface area contributed by atoms with E-state index in [4.69, 9.17) is 11.5 Å². The van der Waals surface area contributed by atoms with Gasteiger partial charge in [0.25, 0.3) is 0 Å². The van der Waals surface area contributed by atoms with Crippen LogP contribution in [0.1, 0.15) is 5.56 Å². The van der Waals surface area contributed by atoms with E-state index in [9.17, 15) is 0 Å². The minimum atomic E-state index is 0.709. The number of rotatable bonds is 0. The highest BCUT2D eigenvalue weighted by Crippen LogP contribution is 2.03. The molecular weight excluding hydrogens is 124 g/mol. The average molecular weight is 132 g/mol. The Morgan fingerprint density at radius 2 is 2.10 bits per heavy atom. The molecule has 10 heavy (non-hydrogen) atoms. The Morgan fingerprint density at radius 1 is 1.30 bits per heavy atom. The predicted octanol–water partition coefficient (Wildman–Crippen LogP) is 0.537. The second-order valence-electron chi connectivity index (χ2n) is 1.89. The quantitative estimate of drug-likeness (QED) is 0.307. The zero-order valence-corrected chi connectivity index (χ0v) is 5.46. The van der Waals surface area contributed by atoms with Crippen LogP contribution in [-0.2, 0) is 0 Å². The molecule has 1 rings (SSSR count). The first kappa shape index (κ1) is 6.50. The van der Waals surface area contributed by atoms with Gasteiger partial charge < -0.3 is 11.5 Å². The molecule has 0 radical (unpaired) electrons. The lowest BCUT2D eigenvalue weighted by Crippen LogP contribution is -1.85. The van der Waals surface area contributed by atoms with Gasteiger partial charge in [0.15, 0.2) is 0 Å². The summed E-state index contributed by atoms with van der Waals surface area (Å²) in [6.07, 6.45) is 0. The maximum atomic E-state index is 5.48. The SMILES string of the molecule is NC#Cc1cccc(N)c1. The molecule has 0 atom stereocenters. The summed E-state index contributed by atoms with van der Waals surface area (Å²) in [5, 5.41) is 0. The Bertz CT molecular complexity index is 281. The molecule has 0 heterocycles. The van der Waals surface area contributed by atoms with E-state index >= 15 is 0 Å². The maximum absolute atomic E-state index is 5.48. The first-order valence-electron chi connectivity index (χ1n) is 2.90. The molecule has 0 spiro atoms. The number of hydrogen-bond acceptors (Lipinski definition) is 2. The van der Waals surface area contributed by atoms with Crippen LogP contribution in [-0.4, -0.2) is 0 Å². The highest BCUT2D eigenvalue weighted by Gasteiger charge is 1.85. The Kier molecular flexibility index (Phi) is 1.81. The minimum Gasteiger partial charge on any atom is -0.399 e. The van der Waals surface area contributed by atoms with Crippen molar-refractivity contribution in [1.82, 2.24) is 0 Å². The van der Waals surface area contributed by atoms with Crippen LogP contribution in [0.2, 0.25) is 0 Å². The lowest BCUT2D eigenvalue weighted by atomic mass is 10.2. The molecule has 0 aliphatic rings. The lowest BCUT2D eigenvalue weighted by Gasteiger charge is -1.90. The average Bonchev–Trinajstić information content (AvgIpc) is 1.88. The van der Waals surface area contributed by atoms with Gasteiger partial charge in [0.2, 0.25) is 0 Å². The summed E-state index contributed by atoms with van der Waals surface area (Å²) in [5.74, 6) is 2.70. The largest absolute Gasteiger partial charge is 0.399 e. The molecule has 0 unspecified atom stereocenters. The summed E-state index contributed by atoms with van der Waals surface area (Å²) in [7, 11) is 0. The zero-order chi connectivity index (χ0) is 7.40. The van der Waals surface area contributed by atoms with Gasteiger partial charge in [-0.1, -0.05) is 6.07 Å². The van der Waals surface area contributed by atoms with Gasteiger partial charge in [-0.25, -0.2) is 0 Å². The second-order valence-corrected chi connectivity index (χ2v) is 1.89. The fraction of sp³-hybridized carbons (Fsp3) is 0. The van der Waals surface area contributed by atoms with E-state index in [1.807, 2.05) is 18.2 Å². The van der Waals surface area contributed by atoms with Crippen molar-refractivity contribution in [2.45, 2.75) is 0 Å². The summed E-state index contributed by atoms with van der Waals surface area (Å²) < 4.78 is 0. The van der Waals surface area contributed by atoms with Gasteiger partial charge >= 0.3 is 0 Å². The van der Waals surface area contributed by atoms with Crippen LogP contribution in [0.4, 0.5) is 5.69 Å². The Labute approximate surface area is 59.8 Å². The topological polar surface area (TPSA) is 52.0 Å². The summed E-state index contributed by atoms with van der Waals surface area (Å²) in [5.41, 5.74) is 12.0. The van der Waals surface area contributed by atoms with Gasteiger partial charge in [0, 0.05) is 17.3 Å². The van der Waals surface area contributed by atoms with Crippen LogP contribution < -0.4 is 11.5 Å². The number of hydrogen-bond donors (Lipinski definition) is 2. The van der Waals surface area contributed by atoms with E-state index in [1.165, 1.54) is 0 Å². The van der Waals surface area contributed by atoms with E-state index in [0.29, 0.717) is 5.69 Å². The highest BCUT2D eigenvalue weighted by molar-refractivity contribution is 5.46. The fourth-order valence-electron chi connectivity index (χ4n) is 0.700. The normalized spacial score (nSPS) is 8.00. The lowest BCUT2D eigenvalue weighted by molar-refractivity contribution is 1.62. The van der Waals surface area contributed by atoms with Crippen molar-refractivity contribution in [3.05, 3.63) is 29.8 Å². The van der Waals surface area contributed by atoms with Crippen molar-refractivity contribution in [1.29, 1.82) is 0 Å². The first-order valence-corrected chi connectivity index (χ1v) is 2.90. The smallest absolute Gasteiger partial charge is 0.0326 e. The molecule has 0 amide bonds. The third kappa shape index (κ3) is 1.43. The number of anilines is 1. The molecule has 0 saturated carbocycles. The van der Waals surface area contributed by atoms with Crippen LogP contribution in [0, 0.1) is 12.0 Å². The van der Waals surface area contributed by atoms with Crippen LogP contribution in [0.5, 0.6) is 0 Å². The second kappa shape index (κ2) is 2.79. The maximum Gasteiger partial charge on any atom is 0.0326 e. The van der Waals surface area contributed by atoms with E-state index in [2.05, 4.69) is 12.0 Å². The van der Waals surface area contributed by atoms with Gasteiger partial charge in [-0.2, -0.15) is 0 Å². The molecule has 0 bridgehead atoms. The molecular formula is C8H8N2. The number of benzene rings is 1. The van der Waals surface area contributed by atoms with Gasteiger partial charge in [-0.15, -0.1) is 0 Å². The fourth-order valence-corrected chi connectivity index (χ4v) is 0.700. The zero-order valence-electron chi connectivity index (χ0n) is 5.46. The van der Waals surface area contributed by atoms with E-state index in [0.717, 1.165) is 5.56 Å². The summed E-state index contributed by atoms with van der Waals surface area (Å²) >= 11 is 0. The molecule has 4 N–H and O–H groups in total. The Hall–Kier alpha value is -1.62. The van der Waals surface area contributed by atoms with E-state index in [1.54, 1.807) is 6.07 Å². The molecule has 0 fully saturated rings. The standard InChI is InChI=1S/C8H8N2/c9-5-4-7-2-1-3-8(10)6-7/h1-3,6H,9-10H2. The molecule has 50 valence electrons. The van der Waals surface area contributed by atoms with Crippen LogP contribution in [0.25, 0.3) is 0 Å². The monoisotopic (exact) mass is 132 g/mol. The third-order valence-corrected chi connectivity index (χ3v) is 1.10. The minimum absolute atomic E-state index is 0.709. The van der Waals surface area contributed by atoms with E-state index in [-0.39, 0.29) is 0 Å². The summed E-state index contributed by atoms with van der Waals surface area (Å²) in [4.78, 5) is 0. The van der Waals surface area contributed by atoms with Crippen LogP contribution in [0.3, 0.4) is 0 Å². The predicted molar refractivity (Wildman–Crippen MR) is 41.9 cm³/mol. The number of nitrogen functional groups attached to an aromatic ring is 1. The van der Waals surface area contributed by atoms with Crippen molar-refractivity contribution in [2.24, 2.45) is 5.73 Å². The Morgan fingerprint density at radius 3 is 2.70 bits per heavy atom. The van der Waals surface area contributed by atoms with Crippen LogP contribution in [0.15, 0.2) is 24.3 Å². The molecule has 0 aliphatic carbocycles. The van der Waals surface area contributed by atoms with Crippen molar-refractivity contribution >= 4 is 5.69 Å². The number of nitrogens with two attached hydrogens (primary N) is 2. The molecule has 2 heteroatoms. The van der Waals surface area contributed by atoms with Crippen molar-refractivity contribution in [2.75, 3.05) is 5.73 Å². The van der Waals surface area contributed by atoms with E-state index < -0.39 is 0 Å². The molecule has 0 aromatic heterocycles. The molecule has 1 aromatic rings. The van der Waals surface area contributed by atoms with Gasteiger partial charge in [-0.05, 0) is 24.1 Å². The van der Waals surface area contributed by atoms with Crippen LogP contribution >= 0.6 is 0 Å².